The van der Waals surface area contributed by atoms with Gasteiger partial charge >= 0.3 is 0 Å². The van der Waals surface area contributed by atoms with E-state index in [-0.39, 0.29) is 0 Å². The minimum Gasteiger partial charge on any atom is -0.497 e. The summed E-state index contributed by atoms with van der Waals surface area (Å²) >= 11 is 0. The minimum atomic E-state index is 0.655. The third-order valence-corrected chi connectivity index (χ3v) is 3.61. The van der Waals surface area contributed by atoms with Gasteiger partial charge in [-0.15, -0.1) is 12.8 Å². The van der Waals surface area contributed by atoms with E-state index in [1.54, 1.807) is 7.11 Å². The molecule has 0 unspecified atom stereocenters. The molecule has 104 valence electrons. The Kier molecular flexibility index (Phi) is 6.41. The predicted octanol–water partition coefficient (Wildman–Crippen LogP) is 2.08. The fourth-order valence-corrected chi connectivity index (χ4v) is 2.26. The number of methoxy groups -OCH3 is 1. The Labute approximate surface area is 117 Å². The molecule has 0 amide bonds. The summed E-state index contributed by atoms with van der Waals surface area (Å²) in [6.07, 6.45) is 8.00. The topological polar surface area (TPSA) is 15.7 Å². The zero-order valence-corrected chi connectivity index (χ0v) is 12.2. The average Bonchev–Trinajstić information content (AvgIpc) is 2.46. The van der Waals surface area contributed by atoms with Crippen molar-refractivity contribution in [1.82, 2.24) is 9.80 Å². The normalized spacial score (nSPS) is 20.4. The fraction of sp³-hybridized carbons (Fsp3) is 0.500. The maximum absolute atomic E-state index is 5.17. The van der Waals surface area contributed by atoms with Crippen LogP contribution in [0.2, 0.25) is 0 Å². The second-order valence-corrected chi connectivity index (χ2v) is 4.91. The molecule has 1 aromatic rings. The number of likely N-dealkylation sites (N-methyl/N-ethyl adjacent to an activating group) is 1. The van der Waals surface area contributed by atoms with E-state index >= 15 is 0 Å². The molecule has 1 heterocycles. The highest BCUT2D eigenvalue weighted by atomic mass is 16.5. The molecule has 1 saturated heterocycles. The lowest BCUT2D eigenvalue weighted by atomic mass is 10.1. The van der Waals surface area contributed by atoms with Gasteiger partial charge in [0.15, 0.2) is 0 Å². The SMILES string of the molecule is C#C.COc1ccc(CN2CCN(C)[C@@H](C)C2)cc1. The van der Waals surface area contributed by atoms with Crippen molar-refractivity contribution in [1.29, 1.82) is 0 Å². The molecule has 0 aliphatic carbocycles. The fourth-order valence-electron chi connectivity index (χ4n) is 2.26. The zero-order valence-electron chi connectivity index (χ0n) is 12.2. The highest BCUT2D eigenvalue weighted by Crippen LogP contribution is 2.15. The lowest BCUT2D eigenvalue weighted by Gasteiger charge is -2.37. The van der Waals surface area contributed by atoms with Gasteiger partial charge in [-0.25, -0.2) is 0 Å². The summed E-state index contributed by atoms with van der Waals surface area (Å²) in [5.74, 6) is 0.931. The molecule has 2 rings (SSSR count). The van der Waals surface area contributed by atoms with Gasteiger partial charge in [0.05, 0.1) is 7.11 Å². The monoisotopic (exact) mass is 260 g/mol. The maximum atomic E-state index is 5.17. The predicted molar refractivity (Wildman–Crippen MR) is 80.3 cm³/mol. The standard InChI is InChI=1S/C14H22N2O.C2H2/c1-12-10-16(9-8-15(12)2)11-13-4-6-14(17-3)7-5-13;1-2/h4-7,12H,8-11H2,1-3H3;1-2H/t12-;/m0./s1. The second kappa shape index (κ2) is 7.83. The lowest BCUT2D eigenvalue weighted by Crippen LogP contribution is -2.49. The highest BCUT2D eigenvalue weighted by Gasteiger charge is 2.20. The summed E-state index contributed by atoms with van der Waals surface area (Å²) in [6, 6.07) is 9.04. The summed E-state index contributed by atoms with van der Waals surface area (Å²) in [7, 11) is 3.91. The number of terminal acetylenes is 1. The van der Waals surface area contributed by atoms with E-state index < -0.39 is 0 Å². The number of rotatable bonds is 3. The van der Waals surface area contributed by atoms with Crippen molar-refractivity contribution in [3.05, 3.63) is 29.8 Å². The summed E-state index contributed by atoms with van der Waals surface area (Å²) in [4.78, 5) is 4.94. The lowest BCUT2D eigenvalue weighted by molar-refractivity contribution is 0.1000. The van der Waals surface area contributed by atoms with Crippen LogP contribution in [0, 0.1) is 12.8 Å². The molecule has 0 aromatic heterocycles. The summed E-state index contributed by atoms with van der Waals surface area (Å²) < 4.78 is 5.17. The van der Waals surface area contributed by atoms with Crippen LogP contribution in [0.4, 0.5) is 0 Å². The van der Waals surface area contributed by atoms with Crippen molar-refractivity contribution >= 4 is 0 Å². The van der Waals surface area contributed by atoms with Crippen LogP contribution in [0.3, 0.4) is 0 Å². The quantitative estimate of drug-likeness (QED) is 0.774. The molecular weight excluding hydrogens is 236 g/mol. The molecule has 1 atom stereocenters. The molecule has 0 saturated carbocycles. The van der Waals surface area contributed by atoms with Gasteiger partial charge in [-0.3, -0.25) is 4.90 Å². The van der Waals surface area contributed by atoms with Crippen LogP contribution < -0.4 is 4.74 Å². The van der Waals surface area contributed by atoms with Gasteiger partial charge in [0.2, 0.25) is 0 Å². The largest absolute Gasteiger partial charge is 0.497 e. The smallest absolute Gasteiger partial charge is 0.118 e. The summed E-state index contributed by atoms with van der Waals surface area (Å²) in [5, 5.41) is 0. The van der Waals surface area contributed by atoms with Gasteiger partial charge in [-0.05, 0) is 31.7 Å². The highest BCUT2D eigenvalue weighted by molar-refractivity contribution is 5.27. The van der Waals surface area contributed by atoms with Crippen molar-refractivity contribution in [2.75, 3.05) is 33.8 Å². The first kappa shape index (κ1) is 15.6. The van der Waals surface area contributed by atoms with Crippen LogP contribution in [0.25, 0.3) is 0 Å². The number of ether oxygens (including phenoxy) is 1. The van der Waals surface area contributed by atoms with Crippen LogP contribution >= 0.6 is 0 Å². The van der Waals surface area contributed by atoms with Crippen LogP contribution in [-0.4, -0.2) is 49.6 Å². The average molecular weight is 260 g/mol. The zero-order chi connectivity index (χ0) is 14.3. The van der Waals surface area contributed by atoms with Gasteiger partial charge in [0.25, 0.3) is 0 Å². The number of piperazine rings is 1. The van der Waals surface area contributed by atoms with E-state index in [1.807, 2.05) is 12.1 Å². The second-order valence-electron chi connectivity index (χ2n) is 4.91. The number of hydrogen-bond donors (Lipinski definition) is 0. The van der Waals surface area contributed by atoms with Crippen molar-refractivity contribution in [3.63, 3.8) is 0 Å². The Morgan fingerprint density at radius 1 is 1.21 bits per heavy atom. The minimum absolute atomic E-state index is 0.655. The summed E-state index contributed by atoms with van der Waals surface area (Å²) in [5.41, 5.74) is 1.36. The first-order chi connectivity index (χ1) is 9.19. The Morgan fingerprint density at radius 3 is 2.37 bits per heavy atom. The number of nitrogens with zero attached hydrogens (tertiary/aromatic N) is 2. The Hall–Kier alpha value is -1.50. The molecule has 0 radical (unpaired) electrons. The Bertz CT molecular complexity index is 385. The van der Waals surface area contributed by atoms with Crippen LogP contribution in [-0.2, 0) is 6.54 Å². The molecule has 19 heavy (non-hydrogen) atoms. The third-order valence-electron chi connectivity index (χ3n) is 3.61. The molecule has 0 bridgehead atoms. The van der Waals surface area contributed by atoms with E-state index in [2.05, 4.69) is 48.8 Å². The first-order valence-electron chi connectivity index (χ1n) is 6.58. The number of benzene rings is 1. The van der Waals surface area contributed by atoms with Crippen molar-refractivity contribution < 1.29 is 4.74 Å². The van der Waals surface area contributed by atoms with Crippen molar-refractivity contribution in [3.8, 4) is 18.6 Å². The van der Waals surface area contributed by atoms with Crippen LogP contribution in [0.5, 0.6) is 5.75 Å². The van der Waals surface area contributed by atoms with E-state index in [4.69, 9.17) is 4.74 Å². The molecule has 1 fully saturated rings. The molecule has 0 spiro atoms. The number of hydrogen-bond acceptors (Lipinski definition) is 3. The molecule has 3 nitrogen and oxygen atoms in total. The van der Waals surface area contributed by atoms with Crippen LogP contribution in [0.1, 0.15) is 12.5 Å². The molecule has 0 N–H and O–H groups in total. The maximum Gasteiger partial charge on any atom is 0.118 e. The first-order valence-corrected chi connectivity index (χ1v) is 6.58. The van der Waals surface area contributed by atoms with Crippen LogP contribution in [0.15, 0.2) is 24.3 Å². The molecule has 1 aliphatic rings. The molecular formula is C16H24N2O. The van der Waals surface area contributed by atoms with Gasteiger partial charge < -0.3 is 9.64 Å². The van der Waals surface area contributed by atoms with E-state index in [9.17, 15) is 0 Å². The van der Waals surface area contributed by atoms with Gasteiger partial charge in [-0.2, -0.15) is 0 Å². The van der Waals surface area contributed by atoms with Gasteiger partial charge in [0, 0.05) is 32.2 Å². The Balaban J connectivity index is 0.000000861. The van der Waals surface area contributed by atoms with Crippen molar-refractivity contribution in [2.24, 2.45) is 0 Å². The molecule has 1 aliphatic heterocycles. The van der Waals surface area contributed by atoms with E-state index in [1.165, 1.54) is 5.56 Å². The third kappa shape index (κ3) is 4.59. The molecule has 3 heteroatoms. The molecule has 1 aromatic carbocycles. The van der Waals surface area contributed by atoms with Crippen molar-refractivity contribution in [2.45, 2.75) is 19.5 Å². The summed E-state index contributed by atoms with van der Waals surface area (Å²) in [6.45, 7) is 6.81. The van der Waals surface area contributed by atoms with E-state index in [0.717, 1.165) is 31.9 Å². The van der Waals surface area contributed by atoms with Gasteiger partial charge in [0.1, 0.15) is 5.75 Å². The van der Waals surface area contributed by atoms with E-state index in [0.29, 0.717) is 6.04 Å². The Morgan fingerprint density at radius 2 is 1.84 bits per heavy atom. The van der Waals surface area contributed by atoms with Gasteiger partial charge in [-0.1, -0.05) is 12.1 Å².